The molecule has 8 aromatic carbocycles. The van der Waals surface area contributed by atoms with E-state index in [9.17, 15) is 20.4 Å². The molecule has 2 aliphatic heterocycles. The highest BCUT2D eigenvalue weighted by Crippen LogP contribution is 2.41. The second kappa shape index (κ2) is 18.9. The molecular weight excluding hydrogens is 937 g/mol. The molecule has 13 rings (SSSR count). The molecule has 6 N–H and O–H groups in total. The van der Waals surface area contributed by atoms with Crippen molar-refractivity contribution in [1.29, 1.82) is 0 Å². The van der Waals surface area contributed by atoms with Gasteiger partial charge in [-0.05, 0) is 188 Å². The van der Waals surface area contributed by atoms with E-state index in [2.05, 4.69) is 156 Å². The molecule has 11 aromatic rings. The molecular formula is C68H46N4O4. The van der Waals surface area contributed by atoms with Crippen LogP contribution in [0.3, 0.4) is 0 Å². The minimum atomic E-state index is 0.204. The van der Waals surface area contributed by atoms with Crippen LogP contribution in [-0.4, -0.2) is 40.4 Å². The summed E-state index contributed by atoms with van der Waals surface area (Å²) in [6.45, 7) is 0. The molecule has 8 bridgehead atoms. The Labute approximate surface area is 437 Å². The second-order valence-corrected chi connectivity index (χ2v) is 19.0. The van der Waals surface area contributed by atoms with Crippen molar-refractivity contribution in [1.82, 2.24) is 19.9 Å². The Morgan fingerprint density at radius 3 is 0.658 bits per heavy atom. The molecule has 8 heteroatoms. The number of phenols is 4. The maximum atomic E-state index is 10.2. The number of aromatic amines is 2. The minimum absolute atomic E-state index is 0.204. The van der Waals surface area contributed by atoms with Crippen molar-refractivity contribution in [2.45, 2.75) is 0 Å². The SMILES string of the molecule is Oc1ccc(-c2cccc(-c3c4nc(c(-c5cccc(-c6ccc(O)cc6)c5)c5ccc([nH]5)c(-c5cccc(-c6ccc(O)cc6)c5)c5nc(c(-c6cccc(-c7ccc(O)cc7)c6)c6ccc3[nH]6)C=C5)C=C4)c2)cc1. The van der Waals surface area contributed by atoms with Gasteiger partial charge in [-0.1, -0.05) is 121 Å². The Balaban J connectivity index is 1.13. The fraction of sp³-hybridized carbons (Fsp3) is 0. The molecule has 76 heavy (non-hydrogen) atoms. The van der Waals surface area contributed by atoms with Gasteiger partial charge in [-0.2, -0.15) is 0 Å². The van der Waals surface area contributed by atoms with Crippen LogP contribution >= 0.6 is 0 Å². The molecule has 0 saturated heterocycles. The van der Waals surface area contributed by atoms with Crippen LogP contribution in [0.4, 0.5) is 0 Å². The van der Waals surface area contributed by atoms with E-state index in [1.807, 2.05) is 48.5 Å². The highest BCUT2D eigenvalue weighted by atomic mass is 16.3. The van der Waals surface area contributed by atoms with Crippen LogP contribution in [0, 0.1) is 0 Å². The summed E-state index contributed by atoms with van der Waals surface area (Å²) in [4.78, 5) is 18.9. The zero-order valence-electron chi connectivity index (χ0n) is 40.8. The normalized spacial score (nSPS) is 11.8. The highest BCUT2D eigenvalue weighted by Gasteiger charge is 2.21. The Bertz CT molecular complexity index is 3750. The minimum Gasteiger partial charge on any atom is -0.508 e. The van der Waals surface area contributed by atoms with Gasteiger partial charge in [0.2, 0.25) is 0 Å². The lowest BCUT2D eigenvalue weighted by Gasteiger charge is -2.10. The average Bonchev–Trinajstić information content (AvgIpc) is 4.35. The van der Waals surface area contributed by atoms with Crippen molar-refractivity contribution >= 4 is 46.4 Å². The number of phenolic OH excluding ortho intramolecular Hbond substituents is 4. The van der Waals surface area contributed by atoms with E-state index in [1.54, 1.807) is 48.5 Å². The number of hydrogen-bond donors (Lipinski definition) is 6. The van der Waals surface area contributed by atoms with E-state index in [0.717, 1.165) is 134 Å². The molecule has 0 aliphatic carbocycles. The molecule has 0 saturated carbocycles. The van der Waals surface area contributed by atoms with Gasteiger partial charge in [-0.3, -0.25) is 0 Å². The monoisotopic (exact) mass is 982 g/mol. The van der Waals surface area contributed by atoms with Crippen LogP contribution < -0.4 is 0 Å². The maximum Gasteiger partial charge on any atom is 0.115 e. The third kappa shape index (κ3) is 8.65. The molecule has 0 spiro atoms. The summed E-state index contributed by atoms with van der Waals surface area (Å²) in [5.41, 5.74) is 21.6. The van der Waals surface area contributed by atoms with Crippen molar-refractivity contribution in [2.75, 3.05) is 0 Å². The molecule has 5 heterocycles. The topological polar surface area (TPSA) is 138 Å². The van der Waals surface area contributed by atoms with Gasteiger partial charge >= 0.3 is 0 Å². The van der Waals surface area contributed by atoms with Gasteiger partial charge in [-0.15, -0.1) is 0 Å². The molecule has 0 fully saturated rings. The fourth-order valence-electron chi connectivity index (χ4n) is 10.5. The number of nitrogens with one attached hydrogen (secondary N) is 2. The van der Waals surface area contributed by atoms with Crippen molar-refractivity contribution in [2.24, 2.45) is 0 Å². The standard InChI is InChI=1S/C68H46N4O4/c73-53-21-13-41(14-22-53)45-5-1-9-49(37-45)65-57-29-31-59(69-57)66(50-10-2-6-46(38-50)42-15-23-54(74)24-16-42)61-33-35-63(71-61)68(52-12-4-8-48(40-52)44-19-27-56(76)28-20-44)64-36-34-62(72-64)67(60-32-30-58(65)70-60)51-11-3-7-47(39-51)43-17-25-55(75)26-18-43/h1-40,69,72-76H. The molecule has 3 aromatic heterocycles. The van der Waals surface area contributed by atoms with E-state index in [4.69, 9.17) is 9.97 Å². The Kier molecular flexibility index (Phi) is 11.3. The predicted octanol–water partition coefficient (Wildman–Crippen LogP) is 16.8. The van der Waals surface area contributed by atoms with E-state index < -0.39 is 0 Å². The number of hydrogen-bond acceptors (Lipinski definition) is 6. The summed E-state index contributed by atoms with van der Waals surface area (Å²) in [6, 6.07) is 71.1. The number of H-pyrrole nitrogens is 2. The lowest BCUT2D eigenvalue weighted by molar-refractivity contribution is 0.475. The average molecular weight is 983 g/mol. The summed E-state index contributed by atoms with van der Waals surface area (Å²) in [5.74, 6) is 0.815. The number of rotatable bonds is 8. The number of aromatic nitrogens is 4. The molecule has 8 nitrogen and oxygen atoms in total. The second-order valence-electron chi connectivity index (χ2n) is 19.0. The van der Waals surface area contributed by atoms with Gasteiger partial charge in [0.05, 0.1) is 22.8 Å². The van der Waals surface area contributed by atoms with Gasteiger partial charge < -0.3 is 30.4 Å². The lowest BCUT2D eigenvalue weighted by Crippen LogP contribution is -1.91. The van der Waals surface area contributed by atoms with Gasteiger partial charge in [0.15, 0.2) is 0 Å². The van der Waals surface area contributed by atoms with E-state index in [-0.39, 0.29) is 23.0 Å². The largest absolute Gasteiger partial charge is 0.508 e. The maximum absolute atomic E-state index is 10.2. The van der Waals surface area contributed by atoms with Crippen LogP contribution in [0.2, 0.25) is 0 Å². The van der Waals surface area contributed by atoms with Crippen LogP contribution in [0.1, 0.15) is 22.8 Å². The molecule has 0 unspecified atom stereocenters. The van der Waals surface area contributed by atoms with E-state index in [1.165, 1.54) is 0 Å². The quantitative estimate of drug-likeness (QED) is 0.0897. The van der Waals surface area contributed by atoms with Gasteiger partial charge in [-0.25, -0.2) is 9.97 Å². The zero-order valence-corrected chi connectivity index (χ0v) is 40.8. The van der Waals surface area contributed by atoms with Gasteiger partial charge in [0.25, 0.3) is 0 Å². The molecule has 2 aliphatic rings. The summed E-state index contributed by atoms with van der Waals surface area (Å²) >= 11 is 0. The molecule has 0 atom stereocenters. The van der Waals surface area contributed by atoms with Crippen LogP contribution in [0.15, 0.2) is 218 Å². The Hall–Kier alpha value is -10.4. The molecule has 362 valence electrons. The first-order valence-electron chi connectivity index (χ1n) is 25.0. The smallest absolute Gasteiger partial charge is 0.115 e. The number of benzene rings is 8. The summed E-state index contributed by atoms with van der Waals surface area (Å²) < 4.78 is 0. The number of aromatic hydroxyl groups is 4. The van der Waals surface area contributed by atoms with Crippen molar-refractivity contribution < 1.29 is 20.4 Å². The predicted molar refractivity (Wildman–Crippen MR) is 309 cm³/mol. The van der Waals surface area contributed by atoms with Gasteiger partial charge in [0, 0.05) is 44.3 Å². The Morgan fingerprint density at radius 1 is 0.224 bits per heavy atom. The number of fused-ring (bicyclic) bond motifs is 8. The van der Waals surface area contributed by atoms with Crippen molar-refractivity contribution in [3.05, 3.63) is 241 Å². The summed E-state index contributed by atoms with van der Waals surface area (Å²) in [7, 11) is 0. The third-order valence-electron chi connectivity index (χ3n) is 14.2. The first kappa shape index (κ1) is 45.4. The van der Waals surface area contributed by atoms with Crippen LogP contribution in [-0.2, 0) is 0 Å². The summed E-state index contributed by atoms with van der Waals surface area (Å²) in [6.07, 6.45) is 8.36. The third-order valence-corrected chi connectivity index (χ3v) is 14.2. The number of nitrogens with zero attached hydrogens (tertiary/aromatic N) is 2. The first-order chi connectivity index (χ1) is 37.2. The van der Waals surface area contributed by atoms with Crippen molar-refractivity contribution in [3.63, 3.8) is 0 Å². The van der Waals surface area contributed by atoms with E-state index >= 15 is 0 Å². The zero-order chi connectivity index (χ0) is 51.3. The van der Waals surface area contributed by atoms with Gasteiger partial charge in [0.1, 0.15) is 23.0 Å². The van der Waals surface area contributed by atoms with Crippen LogP contribution in [0.25, 0.3) is 135 Å². The van der Waals surface area contributed by atoms with Crippen molar-refractivity contribution in [3.8, 4) is 112 Å². The lowest BCUT2D eigenvalue weighted by atomic mass is 9.98. The summed E-state index contributed by atoms with van der Waals surface area (Å²) in [5, 5.41) is 40.8. The molecule has 0 amide bonds. The first-order valence-corrected chi connectivity index (χ1v) is 25.0. The fourth-order valence-corrected chi connectivity index (χ4v) is 10.5. The Morgan fingerprint density at radius 2 is 0.434 bits per heavy atom. The van der Waals surface area contributed by atoms with E-state index in [0.29, 0.717) is 0 Å². The highest BCUT2D eigenvalue weighted by molar-refractivity contribution is 6.01. The van der Waals surface area contributed by atoms with Crippen LogP contribution in [0.5, 0.6) is 23.0 Å². The molecule has 0 radical (unpaired) electrons.